The summed E-state index contributed by atoms with van der Waals surface area (Å²) in [7, 11) is 0. The number of alkyl halides is 3. The Morgan fingerprint density at radius 3 is 2.71 bits per heavy atom. The van der Waals surface area contributed by atoms with Crippen molar-refractivity contribution in [2.75, 3.05) is 0 Å². The standard InChI is InChI=1S/C8H5BrF2INO/c9-2-6-5(7(10)11)1-4(3-14)13-8(6)12/h1,3,7H,2H2. The summed E-state index contributed by atoms with van der Waals surface area (Å²) in [6.07, 6.45) is -2.12. The molecular formula is C8H5BrF2INO. The van der Waals surface area contributed by atoms with E-state index in [1.165, 1.54) is 0 Å². The summed E-state index contributed by atoms with van der Waals surface area (Å²) in [6.45, 7) is 0. The second-order valence-corrected chi connectivity index (χ2v) is 4.04. The summed E-state index contributed by atoms with van der Waals surface area (Å²) in [4.78, 5) is 14.3. The highest BCUT2D eigenvalue weighted by molar-refractivity contribution is 14.1. The van der Waals surface area contributed by atoms with Gasteiger partial charge in [-0.1, -0.05) is 15.9 Å². The molecule has 14 heavy (non-hydrogen) atoms. The fourth-order valence-corrected chi connectivity index (χ4v) is 2.86. The van der Waals surface area contributed by atoms with Gasteiger partial charge in [-0.05, 0) is 28.7 Å². The molecule has 0 radical (unpaired) electrons. The summed E-state index contributed by atoms with van der Waals surface area (Å²) in [5, 5.41) is 0.303. The average molecular weight is 376 g/mol. The molecule has 1 aromatic heterocycles. The van der Waals surface area contributed by atoms with Crippen LogP contribution in [0.2, 0.25) is 0 Å². The lowest BCUT2D eigenvalue weighted by Crippen LogP contribution is -2.02. The van der Waals surface area contributed by atoms with E-state index in [4.69, 9.17) is 0 Å². The van der Waals surface area contributed by atoms with E-state index in [2.05, 4.69) is 20.9 Å². The minimum atomic E-state index is -2.59. The van der Waals surface area contributed by atoms with Gasteiger partial charge in [-0.2, -0.15) is 0 Å². The Balaban J connectivity index is 3.35. The SMILES string of the molecule is O=Cc1cc(C(F)F)c(CBr)c(I)n1. The van der Waals surface area contributed by atoms with Gasteiger partial charge in [0, 0.05) is 16.5 Å². The quantitative estimate of drug-likeness (QED) is 0.351. The number of rotatable bonds is 3. The molecule has 0 aliphatic rings. The Bertz CT molecular complexity index is 359. The third-order valence-corrected chi connectivity index (χ3v) is 3.07. The smallest absolute Gasteiger partial charge is 0.264 e. The van der Waals surface area contributed by atoms with Gasteiger partial charge in [-0.25, -0.2) is 13.8 Å². The highest BCUT2D eigenvalue weighted by Gasteiger charge is 2.17. The Labute approximate surface area is 101 Å². The van der Waals surface area contributed by atoms with Gasteiger partial charge in [-0.15, -0.1) is 0 Å². The molecule has 0 spiro atoms. The van der Waals surface area contributed by atoms with Gasteiger partial charge in [0.1, 0.15) is 9.39 Å². The highest BCUT2D eigenvalue weighted by Crippen LogP contribution is 2.27. The van der Waals surface area contributed by atoms with Gasteiger partial charge in [0.05, 0.1) is 0 Å². The first-order valence-electron chi connectivity index (χ1n) is 3.58. The molecule has 0 atom stereocenters. The van der Waals surface area contributed by atoms with Crippen LogP contribution in [0, 0.1) is 3.70 Å². The number of halogens is 4. The van der Waals surface area contributed by atoms with Crippen LogP contribution in [0.1, 0.15) is 28.0 Å². The minimum absolute atomic E-state index is 0.0365. The molecule has 1 aromatic rings. The van der Waals surface area contributed by atoms with E-state index >= 15 is 0 Å². The molecule has 0 saturated heterocycles. The minimum Gasteiger partial charge on any atom is -0.296 e. The van der Waals surface area contributed by atoms with Crippen molar-refractivity contribution in [1.29, 1.82) is 0 Å². The zero-order chi connectivity index (χ0) is 10.7. The van der Waals surface area contributed by atoms with Crippen molar-refractivity contribution in [3.63, 3.8) is 0 Å². The van der Waals surface area contributed by atoms with E-state index in [1.54, 1.807) is 0 Å². The molecule has 76 valence electrons. The zero-order valence-electron chi connectivity index (χ0n) is 6.81. The van der Waals surface area contributed by atoms with Crippen LogP contribution in [0.15, 0.2) is 6.07 Å². The second kappa shape index (κ2) is 5.11. The van der Waals surface area contributed by atoms with Gasteiger partial charge < -0.3 is 0 Å². The van der Waals surface area contributed by atoms with Crippen LogP contribution in [0.25, 0.3) is 0 Å². The monoisotopic (exact) mass is 375 g/mol. The van der Waals surface area contributed by atoms with Gasteiger partial charge in [0.15, 0.2) is 6.29 Å². The van der Waals surface area contributed by atoms with Crippen molar-refractivity contribution < 1.29 is 13.6 Å². The second-order valence-electron chi connectivity index (χ2n) is 2.46. The molecule has 0 N–H and O–H groups in total. The van der Waals surface area contributed by atoms with Gasteiger partial charge in [-0.3, -0.25) is 4.79 Å². The van der Waals surface area contributed by atoms with E-state index < -0.39 is 6.43 Å². The summed E-state index contributed by atoms with van der Waals surface area (Å²) in [5.74, 6) is 0. The van der Waals surface area contributed by atoms with E-state index in [0.29, 0.717) is 20.9 Å². The number of aromatic nitrogens is 1. The number of aldehydes is 1. The molecule has 6 heteroatoms. The zero-order valence-corrected chi connectivity index (χ0v) is 10.5. The van der Waals surface area contributed by atoms with Crippen LogP contribution in [-0.2, 0) is 5.33 Å². The predicted molar refractivity (Wildman–Crippen MR) is 59.9 cm³/mol. The highest BCUT2D eigenvalue weighted by atomic mass is 127. The van der Waals surface area contributed by atoms with Crippen molar-refractivity contribution >= 4 is 44.8 Å². The average Bonchev–Trinajstić information content (AvgIpc) is 2.16. The summed E-state index contributed by atoms with van der Waals surface area (Å²) in [5.41, 5.74) is 0.337. The molecule has 0 saturated carbocycles. The fraction of sp³-hybridized carbons (Fsp3) is 0.250. The van der Waals surface area contributed by atoms with Crippen molar-refractivity contribution in [2.24, 2.45) is 0 Å². The van der Waals surface area contributed by atoms with Crippen molar-refractivity contribution in [3.8, 4) is 0 Å². The molecule has 0 aliphatic heterocycles. The number of pyridine rings is 1. The molecular weight excluding hydrogens is 371 g/mol. The first-order chi connectivity index (χ1) is 6.60. The number of nitrogens with zero attached hydrogens (tertiary/aromatic N) is 1. The summed E-state index contributed by atoms with van der Waals surface area (Å²) < 4.78 is 25.5. The number of hydrogen-bond donors (Lipinski definition) is 0. The number of carbonyl (C=O) groups is 1. The Morgan fingerprint density at radius 1 is 1.64 bits per heavy atom. The molecule has 2 nitrogen and oxygen atoms in total. The van der Waals surface area contributed by atoms with Crippen LogP contribution in [-0.4, -0.2) is 11.3 Å². The molecule has 1 heterocycles. The first-order valence-corrected chi connectivity index (χ1v) is 5.78. The van der Waals surface area contributed by atoms with Gasteiger partial charge in [0.2, 0.25) is 0 Å². The van der Waals surface area contributed by atoms with E-state index in [0.717, 1.165) is 6.07 Å². The summed E-state index contributed by atoms with van der Waals surface area (Å²) >= 11 is 4.94. The van der Waals surface area contributed by atoms with Crippen molar-refractivity contribution in [3.05, 3.63) is 26.6 Å². The third kappa shape index (κ3) is 2.47. The lowest BCUT2D eigenvalue weighted by atomic mass is 10.1. The van der Waals surface area contributed by atoms with Crippen LogP contribution in [0.4, 0.5) is 8.78 Å². The Kier molecular flexibility index (Phi) is 4.36. The molecule has 0 aliphatic carbocycles. The van der Waals surface area contributed by atoms with Crippen LogP contribution < -0.4 is 0 Å². The van der Waals surface area contributed by atoms with Gasteiger partial charge in [0.25, 0.3) is 6.43 Å². The summed E-state index contributed by atoms with van der Waals surface area (Å²) in [6, 6.07) is 1.12. The number of hydrogen-bond acceptors (Lipinski definition) is 2. The molecule has 0 aromatic carbocycles. The van der Waals surface area contributed by atoms with Crippen LogP contribution >= 0.6 is 38.5 Å². The lowest BCUT2D eigenvalue weighted by Gasteiger charge is -2.08. The molecule has 0 unspecified atom stereocenters. The third-order valence-electron chi connectivity index (χ3n) is 1.62. The molecule has 0 fully saturated rings. The van der Waals surface area contributed by atoms with Crippen LogP contribution in [0.3, 0.4) is 0 Å². The van der Waals surface area contributed by atoms with Crippen molar-refractivity contribution in [1.82, 2.24) is 4.98 Å². The molecule has 1 rings (SSSR count). The van der Waals surface area contributed by atoms with Gasteiger partial charge >= 0.3 is 0 Å². The normalized spacial score (nSPS) is 10.6. The van der Waals surface area contributed by atoms with Crippen molar-refractivity contribution in [2.45, 2.75) is 11.8 Å². The molecule has 0 amide bonds. The lowest BCUT2D eigenvalue weighted by molar-refractivity contribution is 0.111. The fourth-order valence-electron chi connectivity index (χ4n) is 0.966. The molecule has 0 bridgehead atoms. The maximum Gasteiger partial charge on any atom is 0.264 e. The first kappa shape index (κ1) is 12.0. The van der Waals surface area contributed by atoms with E-state index in [9.17, 15) is 13.6 Å². The Hall–Kier alpha value is -0.110. The van der Waals surface area contributed by atoms with Crippen LogP contribution in [0.5, 0.6) is 0 Å². The van der Waals surface area contributed by atoms with E-state index in [-0.39, 0.29) is 11.3 Å². The number of carbonyl (C=O) groups excluding carboxylic acids is 1. The maximum atomic E-state index is 12.5. The Morgan fingerprint density at radius 2 is 2.29 bits per heavy atom. The predicted octanol–water partition coefficient (Wildman–Crippen LogP) is 3.33. The maximum absolute atomic E-state index is 12.5. The largest absolute Gasteiger partial charge is 0.296 e. The topological polar surface area (TPSA) is 30.0 Å². The van der Waals surface area contributed by atoms with E-state index in [1.807, 2.05) is 22.6 Å².